The van der Waals surface area contributed by atoms with Gasteiger partial charge in [-0.05, 0) is 36.6 Å². The van der Waals surface area contributed by atoms with Crippen LogP contribution < -0.4 is 0 Å². The molecule has 26 heavy (non-hydrogen) atoms. The Morgan fingerprint density at radius 2 is 2.08 bits per heavy atom. The number of alkyl halides is 3. The van der Waals surface area contributed by atoms with Gasteiger partial charge < -0.3 is 4.90 Å². The Labute approximate surface area is 148 Å². The standard InChI is InChI=1S/C19H16F3N3O/c20-19(21,22)16-5-1-3-14(10-16)15-4-2-8-25(12-15)18(26)17-9-13(11-23)6-7-24-17/h1,3,5-7,9-10,15H,2,4,8,12H2. The van der Waals surface area contributed by atoms with Crippen LogP contribution in [0.15, 0.2) is 42.6 Å². The zero-order valence-electron chi connectivity index (χ0n) is 13.8. The summed E-state index contributed by atoms with van der Waals surface area (Å²) < 4.78 is 38.8. The number of hydrogen-bond acceptors (Lipinski definition) is 3. The highest BCUT2D eigenvalue weighted by atomic mass is 19.4. The van der Waals surface area contributed by atoms with E-state index in [4.69, 9.17) is 5.26 Å². The van der Waals surface area contributed by atoms with Crippen molar-refractivity contribution < 1.29 is 18.0 Å². The molecule has 1 unspecified atom stereocenters. The first kappa shape index (κ1) is 17.9. The van der Waals surface area contributed by atoms with E-state index in [1.807, 2.05) is 6.07 Å². The minimum Gasteiger partial charge on any atom is -0.337 e. The summed E-state index contributed by atoms with van der Waals surface area (Å²) in [6.45, 7) is 0.853. The molecule has 1 aliphatic rings. The second-order valence-corrected chi connectivity index (χ2v) is 6.26. The van der Waals surface area contributed by atoms with Crippen LogP contribution in [0.2, 0.25) is 0 Å². The molecule has 4 nitrogen and oxygen atoms in total. The first-order valence-electron chi connectivity index (χ1n) is 8.21. The molecule has 0 spiro atoms. The number of pyridine rings is 1. The number of carbonyl (C=O) groups is 1. The Bertz CT molecular complexity index is 858. The van der Waals surface area contributed by atoms with Crippen molar-refractivity contribution in [2.75, 3.05) is 13.1 Å². The number of halogens is 3. The normalized spacial score (nSPS) is 17.6. The SMILES string of the molecule is N#Cc1ccnc(C(=O)N2CCCC(c3cccc(C(F)(F)F)c3)C2)c1. The smallest absolute Gasteiger partial charge is 0.337 e. The zero-order valence-corrected chi connectivity index (χ0v) is 13.8. The first-order valence-corrected chi connectivity index (χ1v) is 8.21. The van der Waals surface area contributed by atoms with Crippen LogP contribution >= 0.6 is 0 Å². The van der Waals surface area contributed by atoms with Crippen molar-refractivity contribution in [2.24, 2.45) is 0 Å². The summed E-state index contributed by atoms with van der Waals surface area (Å²) >= 11 is 0. The van der Waals surface area contributed by atoms with Crippen molar-refractivity contribution in [1.29, 1.82) is 5.26 Å². The average Bonchev–Trinajstić information content (AvgIpc) is 2.67. The third kappa shape index (κ3) is 3.85. The lowest BCUT2D eigenvalue weighted by molar-refractivity contribution is -0.137. The van der Waals surface area contributed by atoms with Crippen LogP contribution in [0.25, 0.3) is 0 Å². The molecule has 1 aromatic carbocycles. The third-order valence-electron chi connectivity index (χ3n) is 4.50. The highest BCUT2D eigenvalue weighted by Crippen LogP contribution is 2.33. The lowest BCUT2D eigenvalue weighted by Gasteiger charge is -2.33. The summed E-state index contributed by atoms with van der Waals surface area (Å²) in [5.41, 5.74) is 0.418. The molecule has 7 heteroatoms. The van der Waals surface area contributed by atoms with E-state index in [0.29, 0.717) is 30.6 Å². The number of nitriles is 1. The minimum atomic E-state index is -4.39. The van der Waals surface area contributed by atoms with Crippen molar-refractivity contribution in [3.63, 3.8) is 0 Å². The Morgan fingerprint density at radius 1 is 1.27 bits per heavy atom. The molecule has 1 amide bonds. The molecule has 0 saturated carbocycles. The van der Waals surface area contributed by atoms with Crippen molar-refractivity contribution in [2.45, 2.75) is 24.9 Å². The third-order valence-corrected chi connectivity index (χ3v) is 4.50. The van der Waals surface area contributed by atoms with Crippen molar-refractivity contribution in [3.05, 3.63) is 65.0 Å². The molecule has 1 fully saturated rings. The van der Waals surface area contributed by atoms with E-state index in [-0.39, 0.29) is 17.5 Å². The second kappa shape index (κ2) is 7.16. The molecule has 1 saturated heterocycles. The molecule has 134 valence electrons. The molecule has 2 aromatic rings. The maximum Gasteiger partial charge on any atom is 0.416 e. The monoisotopic (exact) mass is 359 g/mol. The van der Waals surface area contributed by atoms with E-state index in [1.54, 1.807) is 11.0 Å². The maximum absolute atomic E-state index is 12.9. The average molecular weight is 359 g/mol. The van der Waals surface area contributed by atoms with Crippen LogP contribution in [-0.2, 0) is 6.18 Å². The summed E-state index contributed by atoms with van der Waals surface area (Å²) in [5.74, 6) is -0.465. The van der Waals surface area contributed by atoms with Crippen LogP contribution in [0.1, 0.15) is 45.9 Å². The van der Waals surface area contributed by atoms with Crippen LogP contribution in [-0.4, -0.2) is 28.9 Å². The van der Waals surface area contributed by atoms with Gasteiger partial charge in [-0.25, -0.2) is 0 Å². The fourth-order valence-corrected chi connectivity index (χ4v) is 3.18. The molecular weight excluding hydrogens is 343 g/mol. The Balaban J connectivity index is 1.79. The van der Waals surface area contributed by atoms with Gasteiger partial charge >= 0.3 is 6.18 Å². The van der Waals surface area contributed by atoms with Gasteiger partial charge in [0.25, 0.3) is 5.91 Å². The van der Waals surface area contributed by atoms with Crippen molar-refractivity contribution in [3.8, 4) is 6.07 Å². The van der Waals surface area contributed by atoms with Crippen LogP contribution in [0.3, 0.4) is 0 Å². The number of rotatable bonds is 2. The second-order valence-electron chi connectivity index (χ2n) is 6.26. The van der Waals surface area contributed by atoms with Crippen LogP contribution in [0.5, 0.6) is 0 Å². The molecule has 1 aromatic heterocycles. The van der Waals surface area contributed by atoms with E-state index in [0.717, 1.165) is 18.6 Å². The molecule has 0 radical (unpaired) electrons. The van der Waals surface area contributed by atoms with Gasteiger partial charge in [0.2, 0.25) is 0 Å². The van der Waals surface area contributed by atoms with Gasteiger partial charge in [0.05, 0.1) is 17.2 Å². The van der Waals surface area contributed by atoms with Gasteiger partial charge in [-0.15, -0.1) is 0 Å². The number of nitrogens with zero attached hydrogens (tertiary/aromatic N) is 3. The van der Waals surface area contributed by atoms with Gasteiger partial charge in [0.1, 0.15) is 5.69 Å². The number of likely N-dealkylation sites (tertiary alicyclic amines) is 1. The predicted molar refractivity (Wildman–Crippen MR) is 88.3 cm³/mol. The number of hydrogen-bond donors (Lipinski definition) is 0. The van der Waals surface area contributed by atoms with E-state index in [9.17, 15) is 18.0 Å². The quantitative estimate of drug-likeness (QED) is 0.815. The fourth-order valence-electron chi connectivity index (χ4n) is 3.18. The molecule has 0 bridgehead atoms. The van der Waals surface area contributed by atoms with E-state index in [2.05, 4.69) is 4.98 Å². The Kier molecular flexibility index (Phi) is 4.94. The lowest BCUT2D eigenvalue weighted by atomic mass is 9.89. The number of aromatic nitrogens is 1. The summed E-state index contributed by atoms with van der Waals surface area (Å²) in [5, 5.41) is 8.94. The molecule has 2 heterocycles. The summed E-state index contributed by atoms with van der Waals surface area (Å²) in [7, 11) is 0. The highest BCUT2D eigenvalue weighted by Gasteiger charge is 2.32. The minimum absolute atomic E-state index is 0.158. The molecule has 0 aliphatic carbocycles. The van der Waals surface area contributed by atoms with Gasteiger partial charge in [0, 0.05) is 25.2 Å². The summed E-state index contributed by atoms with van der Waals surface area (Å²) in [4.78, 5) is 18.3. The molecule has 1 aliphatic heterocycles. The zero-order chi connectivity index (χ0) is 18.7. The molecular formula is C19H16F3N3O. The Hall–Kier alpha value is -2.88. The van der Waals surface area contributed by atoms with Gasteiger partial charge in [0.15, 0.2) is 0 Å². The van der Waals surface area contributed by atoms with Gasteiger partial charge in [-0.3, -0.25) is 9.78 Å². The number of benzene rings is 1. The summed E-state index contributed by atoms with van der Waals surface area (Å²) in [6.07, 6.45) is -1.57. The maximum atomic E-state index is 12.9. The van der Waals surface area contributed by atoms with Gasteiger partial charge in [-0.1, -0.05) is 18.2 Å². The highest BCUT2D eigenvalue weighted by molar-refractivity contribution is 5.92. The van der Waals surface area contributed by atoms with Crippen molar-refractivity contribution in [1.82, 2.24) is 9.88 Å². The van der Waals surface area contributed by atoms with Gasteiger partial charge in [-0.2, -0.15) is 18.4 Å². The van der Waals surface area contributed by atoms with Crippen LogP contribution in [0, 0.1) is 11.3 Å². The van der Waals surface area contributed by atoms with E-state index >= 15 is 0 Å². The molecule has 0 N–H and O–H groups in total. The molecule has 3 rings (SSSR count). The van der Waals surface area contributed by atoms with Crippen molar-refractivity contribution >= 4 is 5.91 Å². The van der Waals surface area contributed by atoms with E-state index in [1.165, 1.54) is 24.4 Å². The number of carbonyl (C=O) groups excluding carboxylic acids is 1. The summed E-state index contributed by atoms with van der Waals surface area (Å²) in [6, 6.07) is 10.2. The topological polar surface area (TPSA) is 57.0 Å². The van der Waals surface area contributed by atoms with E-state index < -0.39 is 11.7 Å². The fraction of sp³-hybridized carbons (Fsp3) is 0.316. The largest absolute Gasteiger partial charge is 0.416 e. The predicted octanol–water partition coefficient (Wildman–Crippen LogP) is 3.99. The molecule has 1 atom stereocenters. The number of piperidine rings is 1. The Morgan fingerprint density at radius 3 is 2.81 bits per heavy atom. The van der Waals surface area contributed by atoms with Crippen LogP contribution in [0.4, 0.5) is 13.2 Å². The number of amides is 1. The first-order chi connectivity index (χ1) is 12.4. The lowest BCUT2D eigenvalue weighted by Crippen LogP contribution is -2.39.